The van der Waals surface area contributed by atoms with Gasteiger partial charge < -0.3 is 20.7 Å². The Morgan fingerprint density at radius 3 is 2.58 bits per heavy atom. The summed E-state index contributed by atoms with van der Waals surface area (Å²) in [5.41, 5.74) is 4.00. The van der Waals surface area contributed by atoms with E-state index in [1.165, 1.54) is 0 Å². The molecule has 0 fully saturated rings. The third kappa shape index (κ3) is 7.45. The van der Waals surface area contributed by atoms with E-state index in [1.54, 1.807) is 13.3 Å². The van der Waals surface area contributed by atoms with Crippen molar-refractivity contribution in [1.29, 1.82) is 0 Å². The summed E-state index contributed by atoms with van der Waals surface area (Å²) in [5.74, 6) is 2.26. The van der Waals surface area contributed by atoms with Crippen molar-refractivity contribution in [2.45, 2.75) is 39.7 Å². The highest BCUT2D eigenvalue weighted by Gasteiger charge is 2.15. The zero-order valence-corrected chi connectivity index (χ0v) is 20.1. The van der Waals surface area contributed by atoms with Crippen LogP contribution in [0.4, 0.5) is 11.5 Å². The molecular formula is C25H34N6O2. The number of carbonyl (C=O) groups excluding carboxylic acids is 1. The highest BCUT2D eigenvalue weighted by molar-refractivity contribution is 5.68. The van der Waals surface area contributed by atoms with Crippen LogP contribution in [0.5, 0.6) is 5.75 Å². The van der Waals surface area contributed by atoms with Crippen LogP contribution in [-0.4, -0.2) is 42.1 Å². The van der Waals surface area contributed by atoms with Crippen LogP contribution >= 0.6 is 0 Å². The predicted octanol–water partition coefficient (Wildman–Crippen LogP) is 4.60. The van der Waals surface area contributed by atoms with Gasteiger partial charge in [-0.05, 0) is 50.1 Å². The minimum absolute atomic E-state index is 0.154. The molecule has 3 aromatic rings. The number of hydrogen-bond acceptors (Lipinski definition) is 7. The lowest BCUT2D eigenvalue weighted by atomic mass is 10.0. The average molecular weight is 451 g/mol. The molecule has 1 unspecified atom stereocenters. The van der Waals surface area contributed by atoms with Crippen molar-refractivity contribution in [1.82, 2.24) is 20.3 Å². The van der Waals surface area contributed by atoms with E-state index in [-0.39, 0.29) is 6.04 Å². The van der Waals surface area contributed by atoms with Crippen LogP contribution in [-0.2, 0) is 4.79 Å². The standard InChI is InChI=1S/C22H27N5O.C3H7NO/c1-5-7-18(17-8-6-11-24-14-17)26-21-15(2)13-25-22(27-21)16-9-10-19(23-3)20(12-16)28-4;1-2-4-3-5/h6,8-14,18,23H,5,7H2,1-4H3,(H,25,26,27);3H,2H2,1H3,(H,4,5). The van der Waals surface area contributed by atoms with Gasteiger partial charge in [-0.25, -0.2) is 9.97 Å². The molecule has 0 aliphatic carbocycles. The second kappa shape index (κ2) is 13.7. The van der Waals surface area contributed by atoms with Gasteiger partial charge in [-0.1, -0.05) is 19.4 Å². The van der Waals surface area contributed by atoms with Gasteiger partial charge in [0.2, 0.25) is 6.41 Å². The van der Waals surface area contributed by atoms with Gasteiger partial charge in [0.1, 0.15) is 11.6 Å². The molecule has 2 heterocycles. The number of rotatable bonds is 10. The van der Waals surface area contributed by atoms with Crippen molar-refractivity contribution in [3.8, 4) is 17.1 Å². The van der Waals surface area contributed by atoms with Crippen LogP contribution in [0.15, 0.2) is 48.9 Å². The summed E-state index contributed by atoms with van der Waals surface area (Å²) in [4.78, 5) is 22.9. The Balaban J connectivity index is 0.000000696. The highest BCUT2D eigenvalue weighted by Crippen LogP contribution is 2.30. The molecule has 0 aliphatic rings. The third-order valence-electron chi connectivity index (χ3n) is 4.96. The van der Waals surface area contributed by atoms with Crippen LogP contribution in [0.1, 0.15) is 43.9 Å². The van der Waals surface area contributed by atoms with Crippen molar-refractivity contribution >= 4 is 17.9 Å². The zero-order valence-electron chi connectivity index (χ0n) is 20.1. The van der Waals surface area contributed by atoms with E-state index in [2.05, 4.69) is 38.9 Å². The Morgan fingerprint density at radius 2 is 2.00 bits per heavy atom. The largest absolute Gasteiger partial charge is 0.495 e. The van der Waals surface area contributed by atoms with Crippen molar-refractivity contribution in [3.63, 3.8) is 0 Å². The summed E-state index contributed by atoms with van der Waals surface area (Å²) < 4.78 is 5.47. The van der Waals surface area contributed by atoms with Gasteiger partial charge in [0.05, 0.1) is 18.8 Å². The number of carbonyl (C=O) groups is 1. The minimum atomic E-state index is 0.154. The normalized spacial score (nSPS) is 10.9. The molecule has 1 amide bonds. The van der Waals surface area contributed by atoms with Crippen LogP contribution < -0.4 is 20.7 Å². The summed E-state index contributed by atoms with van der Waals surface area (Å²) in [6.07, 6.45) is 8.30. The lowest BCUT2D eigenvalue weighted by Gasteiger charge is -2.20. The predicted molar refractivity (Wildman–Crippen MR) is 134 cm³/mol. The van der Waals surface area contributed by atoms with E-state index in [4.69, 9.17) is 9.72 Å². The number of hydrogen-bond donors (Lipinski definition) is 3. The fraction of sp³-hybridized carbons (Fsp3) is 0.360. The summed E-state index contributed by atoms with van der Waals surface area (Å²) in [6, 6.07) is 10.1. The molecule has 2 aromatic heterocycles. The summed E-state index contributed by atoms with van der Waals surface area (Å²) in [6.45, 7) is 6.79. The highest BCUT2D eigenvalue weighted by atomic mass is 16.5. The second-order valence-electron chi connectivity index (χ2n) is 7.34. The molecule has 0 spiro atoms. The SMILES string of the molecule is CCCC(Nc1nc(-c2ccc(NC)c(OC)c2)ncc1C)c1cccnc1.CCNC=O. The van der Waals surface area contributed by atoms with Gasteiger partial charge >= 0.3 is 0 Å². The van der Waals surface area contributed by atoms with Crippen LogP contribution in [0.25, 0.3) is 11.4 Å². The molecular weight excluding hydrogens is 416 g/mol. The van der Waals surface area contributed by atoms with E-state index in [1.807, 2.05) is 57.6 Å². The molecule has 0 saturated heterocycles. The topological polar surface area (TPSA) is 101 Å². The number of anilines is 2. The average Bonchev–Trinajstić information content (AvgIpc) is 2.86. The lowest BCUT2D eigenvalue weighted by molar-refractivity contribution is -0.109. The fourth-order valence-electron chi connectivity index (χ4n) is 3.21. The summed E-state index contributed by atoms with van der Waals surface area (Å²) in [5, 5.41) is 9.14. The van der Waals surface area contributed by atoms with E-state index >= 15 is 0 Å². The van der Waals surface area contributed by atoms with Gasteiger partial charge in [-0.2, -0.15) is 0 Å². The molecule has 33 heavy (non-hydrogen) atoms. The van der Waals surface area contributed by atoms with Crippen molar-refractivity contribution in [3.05, 3.63) is 60.0 Å². The molecule has 1 atom stereocenters. The quantitative estimate of drug-likeness (QED) is 0.388. The second-order valence-corrected chi connectivity index (χ2v) is 7.34. The maximum absolute atomic E-state index is 9.29. The number of pyridine rings is 1. The van der Waals surface area contributed by atoms with Crippen molar-refractivity contribution in [2.24, 2.45) is 0 Å². The molecule has 8 heteroatoms. The Morgan fingerprint density at radius 1 is 1.18 bits per heavy atom. The van der Waals surface area contributed by atoms with Crippen LogP contribution in [0.2, 0.25) is 0 Å². The van der Waals surface area contributed by atoms with Gasteiger partial charge in [0.25, 0.3) is 0 Å². The van der Waals surface area contributed by atoms with Gasteiger partial charge in [-0.3, -0.25) is 9.78 Å². The first kappa shape index (κ1) is 25.6. The van der Waals surface area contributed by atoms with E-state index < -0.39 is 0 Å². The van der Waals surface area contributed by atoms with Gasteiger partial charge in [0, 0.05) is 43.3 Å². The van der Waals surface area contributed by atoms with Crippen molar-refractivity contribution < 1.29 is 9.53 Å². The first-order valence-electron chi connectivity index (χ1n) is 11.1. The smallest absolute Gasteiger partial charge is 0.207 e. The van der Waals surface area contributed by atoms with E-state index in [9.17, 15) is 4.79 Å². The molecule has 1 aromatic carbocycles. The molecule has 0 bridgehead atoms. The number of ether oxygens (including phenoxy) is 1. The van der Waals surface area contributed by atoms with Crippen molar-refractivity contribution in [2.75, 3.05) is 31.3 Å². The fourth-order valence-corrected chi connectivity index (χ4v) is 3.21. The number of benzene rings is 1. The van der Waals surface area contributed by atoms with E-state index in [0.717, 1.165) is 53.3 Å². The molecule has 0 saturated carbocycles. The number of nitrogens with zero attached hydrogens (tertiary/aromatic N) is 3. The molecule has 3 N–H and O–H groups in total. The minimum Gasteiger partial charge on any atom is -0.495 e. The number of methoxy groups -OCH3 is 1. The molecule has 3 rings (SSSR count). The first-order chi connectivity index (χ1) is 16.1. The molecule has 8 nitrogen and oxygen atoms in total. The Labute approximate surface area is 196 Å². The monoisotopic (exact) mass is 450 g/mol. The first-order valence-corrected chi connectivity index (χ1v) is 11.1. The van der Waals surface area contributed by atoms with Crippen LogP contribution in [0.3, 0.4) is 0 Å². The Bertz CT molecular complexity index is 997. The van der Waals surface area contributed by atoms with Gasteiger partial charge in [-0.15, -0.1) is 0 Å². The Hall–Kier alpha value is -3.68. The summed E-state index contributed by atoms with van der Waals surface area (Å²) in [7, 11) is 3.53. The maximum Gasteiger partial charge on any atom is 0.207 e. The summed E-state index contributed by atoms with van der Waals surface area (Å²) >= 11 is 0. The molecule has 0 radical (unpaired) electrons. The lowest BCUT2D eigenvalue weighted by Crippen LogP contribution is -2.13. The van der Waals surface area contributed by atoms with E-state index in [0.29, 0.717) is 12.2 Å². The molecule has 176 valence electrons. The number of aryl methyl sites for hydroxylation is 1. The number of nitrogens with one attached hydrogen (secondary N) is 3. The Kier molecular flexibility index (Phi) is 10.6. The number of amides is 1. The number of aromatic nitrogens is 3. The molecule has 0 aliphatic heterocycles. The third-order valence-corrected chi connectivity index (χ3v) is 4.96. The van der Waals surface area contributed by atoms with Gasteiger partial charge in [0.15, 0.2) is 5.82 Å². The maximum atomic E-state index is 9.29. The van der Waals surface area contributed by atoms with Crippen LogP contribution in [0, 0.1) is 6.92 Å². The zero-order chi connectivity index (χ0) is 24.1.